The maximum absolute atomic E-state index is 12.3. The maximum Gasteiger partial charge on any atom is 0.255 e. The Hall–Kier alpha value is -2.85. The van der Waals surface area contributed by atoms with Crippen molar-refractivity contribution in [2.45, 2.75) is 11.7 Å². The molecular formula is C22H19NO2S. The summed E-state index contributed by atoms with van der Waals surface area (Å²) in [5.74, 6) is -0.208. The molecule has 1 amide bonds. The van der Waals surface area contributed by atoms with Gasteiger partial charge >= 0.3 is 0 Å². The van der Waals surface area contributed by atoms with Crippen LogP contribution in [-0.2, 0) is 0 Å². The molecule has 0 radical (unpaired) electrons. The molecule has 0 spiro atoms. The molecule has 0 fully saturated rings. The zero-order valence-corrected chi connectivity index (χ0v) is 15.0. The Morgan fingerprint density at radius 3 is 2.38 bits per heavy atom. The number of carbonyl (C=O) groups is 2. The molecule has 130 valence electrons. The van der Waals surface area contributed by atoms with E-state index in [0.717, 1.165) is 17.7 Å². The van der Waals surface area contributed by atoms with Crippen LogP contribution in [0.15, 0.2) is 84.6 Å². The summed E-state index contributed by atoms with van der Waals surface area (Å²) in [5.41, 5.74) is 2.87. The number of hydrogen-bond acceptors (Lipinski definition) is 3. The summed E-state index contributed by atoms with van der Waals surface area (Å²) in [6.45, 7) is 0. The predicted molar refractivity (Wildman–Crippen MR) is 108 cm³/mol. The van der Waals surface area contributed by atoms with E-state index in [2.05, 4.69) is 17.9 Å². The van der Waals surface area contributed by atoms with Crippen LogP contribution < -0.4 is 5.32 Å². The van der Waals surface area contributed by atoms with Crippen molar-refractivity contribution in [1.29, 1.82) is 0 Å². The minimum Gasteiger partial charge on any atom is -0.322 e. The highest BCUT2D eigenvalue weighted by atomic mass is 32.1. The summed E-state index contributed by atoms with van der Waals surface area (Å²) in [6, 6.07) is 16.2. The molecule has 26 heavy (non-hydrogen) atoms. The van der Waals surface area contributed by atoms with Crippen LogP contribution >= 0.6 is 12.6 Å². The minimum atomic E-state index is -0.158. The van der Waals surface area contributed by atoms with Crippen molar-refractivity contribution in [2.24, 2.45) is 0 Å². The van der Waals surface area contributed by atoms with Crippen LogP contribution in [0.4, 0.5) is 0 Å². The third-order valence-corrected chi connectivity index (χ3v) is 4.38. The molecule has 1 aliphatic carbocycles. The monoisotopic (exact) mass is 361 g/mol. The van der Waals surface area contributed by atoms with Crippen LogP contribution in [0, 0.1) is 0 Å². The van der Waals surface area contributed by atoms with Crippen LogP contribution in [-0.4, -0.2) is 16.9 Å². The quantitative estimate of drug-likeness (QED) is 0.469. The molecule has 0 heterocycles. The van der Waals surface area contributed by atoms with E-state index in [4.69, 9.17) is 0 Å². The zero-order chi connectivity index (χ0) is 18.4. The topological polar surface area (TPSA) is 46.2 Å². The number of carbonyl (C=O) groups excluding carboxylic acids is 2. The van der Waals surface area contributed by atoms with Gasteiger partial charge in [0.15, 0.2) is 5.78 Å². The van der Waals surface area contributed by atoms with Crippen LogP contribution in [0.25, 0.3) is 6.08 Å². The van der Waals surface area contributed by atoms with Gasteiger partial charge in [-0.05, 0) is 36.3 Å². The van der Waals surface area contributed by atoms with Crippen molar-refractivity contribution in [3.05, 3.63) is 101 Å². The van der Waals surface area contributed by atoms with E-state index in [1.807, 2.05) is 48.6 Å². The summed E-state index contributed by atoms with van der Waals surface area (Å²) in [5, 5.41) is 3.08. The lowest BCUT2D eigenvalue weighted by molar-refractivity contribution is 0.0966. The maximum atomic E-state index is 12.3. The van der Waals surface area contributed by atoms with Gasteiger partial charge in [0, 0.05) is 22.1 Å². The van der Waals surface area contributed by atoms with Gasteiger partial charge in [0.1, 0.15) is 0 Å². The Bertz CT molecular complexity index is 880. The molecule has 2 aromatic carbocycles. The standard InChI is InChI=1S/C22H19NO2S/c24-21(17-4-2-1-3-5-17)15-8-16-6-9-18(10-7-16)22(25)23-19-11-13-20(26)14-12-19/h1-13,15,20,26H,14H2,(H,23,25)/b15-8+. The second kappa shape index (κ2) is 8.50. The highest BCUT2D eigenvalue weighted by Gasteiger charge is 2.09. The fourth-order valence-electron chi connectivity index (χ4n) is 2.52. The van der Waals surface area contributed by atoms with Crippen LogP contribution in [0.5, 0.6) is 0 Å². The number of benzene rings is 2. The van der Waals surface area contributed by atoms with Gasteiger partial charge in [0.25, 0.3) is 5.91 Å². The van der Waals surface area contributed by atoms with E-state index >= 15 is 0 Å². The minimum absolute atomic E-state index is 0.0501. The molecule has 1 unspecified atom stereocenters. The van der Waals surface area contributed by atoms with Gasteiger partial charge in [-0.3, -0.25) is 9.59 Å². The number of amides is 1. The Labute approximate surface area is 158 Å². The lowest BCUT2D eigenvalue weighted by atomic mass is 10.1. The molecule has 3 rings (SSSR count). The smallest absolute Gasteiger partial charge is 0.255 e. The van der Waals surface area contributed by atoms with Gasteiger partial charge in [0.2, 0.25) is 0 Å². The first-order chi connectivity index (χ1) is 12.6. The Balaban J connectivity index is 1.61. The van der Waals surface area contributed by atoms with Crippen molar-refractivity contribution >= 4 is 30.4 Å². The third kappa shape index (κ3) is 4.83. The van der Waals surface area contributed by atoms with Crippen molar-refractivity contribution < 1.29 is 9.59 Å². The van der Waals surface area contributed by atoms with E-state index in [0.29, 0.717) is 11.1 Å². The van der Waals surface area contributed by atoms with E-state index in [1.165, 1.54) is 6.08 Å². The van der Waals surface area contributed by atoms with E-state index < -0.39 is 0 Å². The summed E-state index contributed by atoms with van der Waals surface area (Å²) in [7, 11) is 0. The largest absolute Gasteiger partial charge is 0.322 e. The average Bonchev–Trinajstić information content (AvgIpc) is 2.69. The second-order valence-electron chi connectivity index (χ2n) is 5.96. The van der Waals surface area contributed by atoms with E-state index in [-0.39, 0.29) is 16.9 Å². The Kier molecular flexibility index (Phi) is 5.87. The molecule has 1 N–H and O–H groups in total. The highest BCUT2D eigenvalue weighted by Crippen LogP contribution is 2.14. The van der Waals surface area contributed by atoms with E-state index in [1.54, 1.807) is 30.3 Å². The first-order valence-electron chi connectivity index (χ1n) is 8.37. The third-order valence-electron chi connectivity index (χ3n) is 3.99. The Morgan fingerprint density at radius 1 is 1.00 bits per heavy atom. The van der Waals surface area contributed by atoms with Crippen LogP contribution in [0.2, 0.25) is 0 Å². The summed E-state index contributed by atoms with van der Waals surface area (Å²) >= 11 is 4.36. The van der Waals surface area contributed by atoms with Crippen molar-refractivity contribution in [2.75, 3.05) is 0 Å². The SMILES string of the molecule is O=C(/C=C/c1ccc(C(=O)NC2=CCC(S)C=C2)cc1)c1ccccc1. The molecule has 1 atom stereocenters. The van der Waals surface area contributed by atoms with Gasteiger partial charge in [-0.15, -0.1) is 0 Å². The predicted octanol–water partition coefficient (Wildman–Crippen LogP) is 4.45. The second-order valence-corrected chi connectivity index (χ2v) is 6.62. The van der Waals surface area contributed by atoms with Gasteiger partial charge in [-0.25, -0.2) is 0 Å². The highest BCUT2D eigenvalue weighted by molar-refractivity contribution is 7.81. The molecule has 1 aliphatic rings. The fraction of sp³-hybridized carbons (Fsp3) is 0.0909. The van der Waals surface area contributed by atoms with Crippen molar-refractivity contribution in [3.63, 3.8) is 0 Å². The molecular weight excluding hydrogens is 342 g/mol. The summed E-state index contributed by atoms with van der Waals surface area (Å²) < 4.78 is 0. The van der Waals surface area contributed by atoms with E-state index in [9.17, 15) is 9.59 Å². The molecule has 0 aliphatic heterocycles. The first-order valence-corrected chi connectivity index (χ1v) is 8.89. The molecule has 3 nitrogen and oxygen atoms in total. The molecule has 2 aromatic rings. The van der Waals surface area contributed by atoms with Gasteiger partial charge in [-0.1, -0.05) is 60.7 Å². The average molecular weight is 361 g/mol. The molecule has 0 aromatic heterocycles. The van der Waals surface area contributed by atoms with Crippen molar-refractivity contribution in [3.8, 4) is 0 Å². The summed E-state index contributed by atoms with van der Waals surface area (Å²) in [4.78, 5) is 24.3. The number of thiol groups is 1. The zero-order valence-electron chi connectivity index (χ0n) is 14.1. The first kappa shape index (κ1) is 18.0. The fourth-order valence-corrected chi connectivity index (χ4v) is 2.71. The number of rotatable bonds is 5. The number of ketones is 1. The summed E-state index contributed by atoms with van der Waals surface area (Å²) in [6.07, 6.45) is 9.87. The lowest BCUT2D eigenvalue weighted by Gasteiger charge is -2.12. The van der Waals surface area contributed by atoms with Crippen LogP contribution in [0.3, 0.4) is 0 Å². The Morgan fingerprint density at radius 2 is 1.73 bits per heavy atom. The molecule has 0 saturated heterocycles. The van der Waals surface area contributed by atoms with Crippen molar-refractivity contribution in [1.82, 2.24) is 5.32 Å². The van der Waals surface area contributed by atoms with Crippen LogP contribution in [0.1, 0.15) is 32.7 Å². The number of allylic oxidation sites excluding steroid dienone is 3. The molecule has 0 saturated carbocycles. The van der Waals surface area contributed by atoms with Gasteiger partial charge in [0.05, 0.1) is 0 Å². The molecule has 0 bridgehead atoms. The van der Waals surface area contributed by atoms with Gasteiger partial charge in [-0.2, -0.15) is 12.6 Å². The molecule has 4 heteroatoms. The number of hydrogen-bond donors (Lipinski definition) is 2. The number of nitrogens with one attached hydrogen (secondary N) is 1. The lowest BCUT2D eigenvalue weighted by Crippen LogP contribution is -2.23. The van der Waals surface area contributed by atoms with Gasteiger partial charge < -0.3 is 5.32 Å². The normalized spacial score (nSPS) is 16.3.